The Bertz CT molecular complexity index is 1760. The number of methoxy groups -OCH3 is 1. The van der Waals surface area contributed by atoms with Crippen LogP contribution < -0.4 is 4.74 Å². The van der Waals surface area contributed by atoms with Crippen molar-refractivity contribution in [2.75, 3.05) is 7.11 Å². The number of fused-ring (bicyclic) bond motifs is 5. The number of Topliss-reactive ketones (excluding diaryl/α,β-unsaturated/α-hetero) is 3. The zero-order chi connectivity index (χ0) is 28.5. The first-order chi connectivity index (χ1) is 19.9. The molecule has 202 valence electrons. The predicted molar refractivity (Wildman–Crippen MR) is 156 cm³/mol. The molecule has 8 heteroatoms. The minimum atomic E-state index is -1.76. The number of benzene rings is 4. The third-order valence-corrected chi connectivity index (χ3v) is 9.04. The molecule has 2 aliphatic heterocycles. The van der Waals surface area contributed by atoms with Gasteiger partial charge in [-0.1, -0.05) is 64.5 Å². The average molecular weight is 607 g/mol. The number of carbonyl (C=O) groups excluding carboxylic acids is 3. The standard InChI is InChI=1S/C33H23BrN2O5/c1-41-21-13-10-18(11-14-21)29(38)28-27(25-16-20(34)12-15-26(25)37)33(31(39)23-8-4-5-9-24(23)32(33)40)30-22-7-3-2-6-19(22)17-35-36(28)30/h2-17,27-28,30,37H,1H3/t27-,28+,30?/m0/s1. The summed E-state index contributed by atoms with van der Waals surface area (Å²) in [7, 11) is 1.54. The number of carbonyl (C=O) groups is 3. The van der Waals surface area contributed by atoms with Gasteiger partial charge in [-0.15, -0.1) is 0 Å². The molecule has 4 aromatic carbocycles. The lowest BCUT2D eigenvalue weighted by atomic mass is 9.62. The Hall–Kier alpha value is -4.56. The molecule has 2 heterocycles. The number of ketones is 3. The molecule has 3 aliphatic rings. The topological polar surface area (TPSA) is 96.3 Å². The van der Waals surface area contributed by atoms with Gasteiger partial charge < -0.3 is 9.84 Å². The van der Waals surface area contributed by atoms with Gasteiger partial charge in [0.2, 0.25) is 0 Å². The fourth-order valence-corrected chi connectivity index (χ4v) is 7.20. The number of hydrazone groups is 1. The molecule has 1 unspecified atom stereocenters. The van der Waals surface area contributed by atoms with Crippen molar-refractivity contribution in [1.29, 1.82) is 0 Å². The number of hydrogen-bond donors (Lipinski definition) is 1. The highest BCUT2D eigenvalue weighted by molar-refractivity contribution is 9.10. The second kappa shape index (κ2) is 9.24. The van der Waals surface area contributed by atoms with Gasteiger partial charge in [0.1, 0.15) is 23.0 Å². The molecule has 1 spiro atoms. The lowest BCUT2D eigenvalue weighted by molar-refractivity contribution is 0.0585. The van der Waals surface area contributed by atoms with Crippen LogP contribution in [0.3, 0.4) is 0 Å². The molecule has 0 radical (unpaired) electrons. The van der Waals surface area contributed by atoms with E-state index in [1.54, 1.807) is 79.0 Å². The van der Waals surface area contributed by atoms with Crippen molar-refractivity contribution in [2.24, 2.45) is 10.5 Å². The van der Waals surface area contributed by atoms with E-state index >= 15 is 0 Å². The van der Waals surface area contributed by atoms with Gasteiger partial charge in [0, 0.05) is 32.6 Å². The summed E-state index contributed by atoms with van der Waals surface area (Å²) in [4.78, 5) is 44.0. The monoisotopic (exact) mass is 606 g/mol. The molecule has 1 fully saturated rings. The number of hydrogen-bond acceptors (Lipinski definition) is 7. The van der Waals surface area contributed by atoms with Crippen molar-refractivity contribution in [3.8, 4) is 11.5 Å². The Morgan fingerprint density at radius 1 is 0.902 bits per heavy atom. The summed E-state index contributed by atoms with van der Waals surface area (Å²) in [6, 6.07) is 23.9. The molecule has 7 rings (SSSR count). The van der Waals surface area contributed by atoms with E-state index in [1.807, 2.05) is 24.3 Å². The van der Waals surface area contributed by atoms with Gasteiger partial charge in [0.25, 0.3) is 0 Å². The first-order valence-electron chi connectivity index (χ1n) is 13.1. The number of phenols is 1. The third-order valence-electron chi connectivity index (χ3n) is 8.54. The highest BCUT2D eigenvalue weighted by Gasteiger charge is 2.73. The van der Waals surface area contributed by atoms with E-state index in [0.29, 0.717) is 32.5 Å². The third kappa shape index (κ3) is 3.43. The van der Waals surface area contributed by atoms with Crippen molar-refractivity contribution in [3.63, 3.8) is 0 Å². The van der Waals surface area contributed by atoms with Gasteiger partial charge in [0.05, 0.1) is 19.4 Å². The molecule has 1 saturated heterocycles. The molecular formula is C33H23BrN2O5. The first kappa shape index (κ1) is 25.4. The minimum absolute atomic E-state index is 0.112. The predicted octanol–water partition coefficient (Wildman–Crippen LogP) is 5.97. The van der Waals surface area contributed by atoms with Crippen molar-refractivity contribution >= 4 is 39.5 Å². The highest BCUT2D eigenvalue weighted by atomic mass is 79.9. The average Bonchev–Trinajstić information content (AvgIpc) is 3.44. The van der Waals surface area contributed by atoms with Gasteiger partial charge in [-0.25, -0.2) is 0 Å². The van der Waals surface area contributed by atoms with Crippen LogP contribution in [-0.4, -0.2) is 46.8 Å². The lowest BCUT2D eigenvalue weighted by Crippen LogP contribution is -2.43. The number of nitrogens with zero attached hydrogens (tertiary/aromatic N) is 2. The van der Waals surface area contributed by atoms with E-state index in [-0.39, 0.29) is 23.1 Å². The van der Waals surface area contributed by atoms with Crippen LogP contribution in [0.5, 0.6) is 11.5 Å². The van der Waals surface area contributed by atoms with Crippen LogP contribution in [0.2, 0.25) is 0 Å². The number of ether oxygens (including phenoxy) is 1. The molecule has 41 heavy (non-hydrogen) atoms. The van der Waals surface area contributed by atoms with Crippen molar-refractivity contribution in [2.45, 2.75) is 18.0 Å². The summed E-state index contributed by atoms with van der Waals surface area (Å²) in [6.07, 6.45) is 1.66. The van der Waals surface area contributed by atoms with Crippen LogP contribution in [0.25, 0.3) is 0 Å². The van der Waals surface area contributed by atoms with Gasteiger partial charge in [-0.2, -0.15) is 5.10 Å². The molecule has 7 nitrogen and oxygen atoms in total. The zero-order valence-corrected chi connectivity index (χ0v) is 23.4. The Labute approximate surface area is 244 Å². The van der Waals surface area contributed by atoms with Crippen LogP contribution >= 0.6 is 15.9 Å². The Morgan fingerprint density at radius 3 is 2.24 bits per heavy atom. The summed E-state index contributed by atoms with van der Waals surface area (Å²) in [5.41, 5.74) is 1.03. The summed E-state index contributed by atoms with van der Waals surface area (Å²) in [5, 5.41) is 17.6. The molecule has 0 aromatic heterocycles. The quantitative estimate of drug-likeness (QED) is 0.227. The lowest BCUT2D eigenvalue weighted by Gasteiger charge is -2.36. The molecule has 3 atom stereocenters. The maximum atomic E-state index is 14.7. The molecule has 0 amide bonds. The fraction of sp³-hybridized carbons (Fsp3) is 0.152. The Kier molecular flexibility index (Phi) is 5.73. The fourth-order valence-electron chi connectivity index (χ4n) is 6.82. The highest BCUT2D eigenvalue weighted by Crippen LogP contribution is 2.65. The number of aromatic hydroxyl groups is 1. The SMILES string of the molecule is COc1ccc(C(=O)[C@H]2[C@H](c3cc(Br)ccc3O)C3(C(=O)c4ccccc4C3=O)C3c4ccccc4C=NN32)cc1. The molecule has 0 saturated carbocycles. The number of rotatable bonds is 4. The molecule has 1 aliphatic carbocycles. The number of halogens is 1. The smallest absolute Gasteiger partial charge is 0.187 e. The first-order valence-corrected chi connectivity index (χ1v) is 13.9. The van der Waals surface area contributed by atoms with Gasteiger partial charge in [-0.3, -0.25) is 19.4 Å². The maximum absolute atomic E-state index is 14.7. The summed E-state index contributed by atoms with van der Waals surface area (Å²) >= 11 is 3.50. The Balaban J connectivity index is 1.55. The molecule has 0 bridgehead atoms. The second-order valence-electron chi connectivity index (χ2n) is 10.4. The Morgan fingerprint density at radius 2 is 1.56 bits per heavy atom. The van der Waals surface area contributed by atoms with E-state index in [1.165, 1.54) is 6.07 Å². The molecule has 1 N–H and O–H groups in total. The van der Waals surface area contributed by atoms with Crippen molar-refractivity contribution in [3.05, 3.63) is 129 Å². The minimum Gasteiger partial charge on any atom is -0.508 e. The van der Waals surface area contributed by atoms with Gasteiger partial charge in [-0.05, 0) is 53.6 Å². The van der Waals surface area contributed by atoms with E-state index in [4.69, 9.17) is 9.84 Å². The molecule has 4 aromatic rings. The van der Waals surface area contributed by atoms with Crippen LogP contribution in [0.1, 0.15) is 59.7 Å². The van der Waals surface area contributed by atoms with Crippen LogP contribution in [0.15, 0.2) is 101 Å². The van der Waals surface area contributed by atoms with Gasteiger partial charge in [0.15, 0.2) is 17.3 Å². The van der Waals surface area contributed by atoms with E-state index in [9.17, 15) is 19.5 Å². The van der Waals surface area contributed by atoms with Crippen LogP contribution in [0, 0.1) is 5.41 Å². The largest absolute Gasteiger partial charge is 0.508 e. The summed E-state index contributed by atoms with van der Waals surface area (Å²) < 4.78 is 5.93. The van der Waals surface area contributed by atoms with E-state index in [0.717, 1.165) is 11.1 Å². The number of phenolic OH excluding ortho intramolecular Hbond substituents is 1. The zero-order valence-electron chi connectivity index (χ0n) is 21.8. The molecular weight excluding hydrogens is 584 g/mol. The maximum Gasteiger partial charge on any atom is 0.187 e. The second-order valence-corrected chi connectivity index (χ2v) is 11.4. The van der Waals surface area contributed by atoms with Crippen LogP contribution in [0.4, 0.5) is 0 Å². The van der Waals surface area contributed by atoms with Crippen molar-refractivity contribution in [1.82, 2.24) is 5.01 Å². The summed E-state index contributed by atoms with van der Waals surface area (Å²) in [6.45, 7) is 0. The van der Waals surface area contributed by atoms with E-state index in [2.05, 4.69) is 15.9 Å². The van der Waals surface area contributed by atoms with E-state index < -0.39 is 23.4 Å². The summed E-state index contributed by atoms with van der Waals surface area (Å²) in [5.74, 6) is -1.67. The van der Waals surface area contributed by atoms with Crippen molar-refractivity contribution < 1.29 is 24.2 Å². The normalized spacial score (nSPS) is 21.5. The van der Waals surface area contributed by atoms with Gasteiger partial charge >= 0.3 is 0 Å². The van der Waals surface area contributed by atoms with Crippen LogP contribution in [-0.2, 0) is 0 Å².